The van der Waals surface area contributed by atoms with E-state index in [1.165, 1.54) is 5.56 Å². The molecule has 1 atom stereocenters. The number of rotatable bonds is 10. The van der Waals surface area contributed by atoms with Crippen molar-refractivity contribution in [2.75, 3.05) is 26.9 Å². The average Bonchev–Trinajstić information content (AvgIpc) is 2.39. The van der Waals surface area contributed by atoms with Crippen LogP contribution in [-0.4, -0.2) is 32.9 Å². The Kier molecular flexibility index (Phi) is 8.26. The van der Waals surface area contributed by atoms with Crippen LogP contribution >= 0.6 is 0 Å². The van der Waals surface area contributed by atoms with Crippen molar-refractivity contribution in [2.45, 2.75) is 39.2 Å². The van der Waals surface area contributed by atoms with Gasteiger partial charge >= 0.3 is 0 Å². The van der Waals surface area contributed by atoms with Crippen LogP contribution in [-0.2, 0) is 4.74 Å². The van der Waals surface area contributed by atoms with Gasteiger partial charge in [0, 0.05) is 19.8 Å². The van der Waals surface area contributed by atoms with Crippen LogP contribution in [0, 0.1) is 6.92 Å². The largest absolute Gasteiger partial charge is 0.494 e. The van der Waals surface area contributed by atoms with Gasteiger partial charge in [0.1, 0.15) is 5.75 Å². The molecule has 19 heavy (non-hydrogen) atoms. The van der Waals surface area contributed by atoms with E-state index in [4.69, 9.17) is 9.47 Å². The second-order valence-corrected chi connectivity index (χ2v) is 4.84. The molecular formula is C16H27NO2. The van der Waals surface area contributed by atoms with Gasteiger partial charge in [0.05, 0.1) is 6.61 Å². The van der Waals surface area contributed by atoms with Gasteiger partial charge in [0.2, 0.25) is 0 Å². The molecule has 0 fully saturated rings. The Balaban J connectivity index is 2.27. The molecule has 1 rings (SSSR count). The van der Waals surface area contributed by atoms with Crippen molar-refractivity contribution in [3.8, 4) is 5.75 Å². The molecule has 0 aliphatic rings. The summed E-state index contributed by atoms with van der Waals surface area (Å²) in [6.45, 7) is 6.82. The van der Waals surface area contributed by atoms with E-state index in [-0.39, 0.29) is 0 Å². The van der Waals surface area contributed by atoms with Gasteiger partial charge in [-0.05, 0) is 50.4 Å². The van der Waals surface area contributed by atoms with E-state index in [9.17, 15) is 0 Å². The topological polar surface area (TPSA) is 30.5 Å². The van der Waals surface area contributed by atoms with E-state index in [1.54, 1.807) is 7.11 Å². The number of aryl methyl sites for hydroxylation is 1. The second kappa shape index (κ2) is 9.82. The zero-order valence-corrected chi connectivity index (χ0v) is 12.4. The first kappa shape index (κ1) is 16.0. The minimum atomic E-state index is 0.518. The van der Waals surface area contributed by atoms with Crippen LogP contribution in [0.2, 0.25) is 0 Å². The maximum Gasteiger partial charge on any atom is 0.119 e. The lowest BCUT2D eigenvalue weighted by Gasteiger charge is -2.18. The number of nitrogens with one attached hydrogen (secondary N) is 1. The molecule has 0 aromatic heterocycles. The summed E-state index contributed by atoms with van der Waals surface area (Å²) in [7, 11) is 1.75. The Hall–Kier alpha value is -1.06. The number of methoxy groups -OCH3 is 1. The third kappa shape index (κ3) is 7.19. The number of benzene rings is 1. The lowest BCUT2D eigenvalue weighted by molar-refractivity contribution is 0.185. The summed E-state index contributed by atoms with van der Waals surface area (Å²) in [5.41, 5.74) is 1.24. The fourth-order valence-electron chi connectivity index (χ4n) is 2.14. The maximum absolute atomic E-state index is 5.80. The highest BCUT2D eigenvalue weighted by atomic mass is 16.5. The summed E-state index contributed by atoms with van der Waals surface area (Å²) in [6, 6.07) is 8.72. The van der Waals surface area contributed by atoms with Crippen molar-refractivity contribution < 1.29 is 9.47 Å². The van der Waals surface area contributed by atoms with Gasteiger partial charge in [-0.3, -0.25) is 0 Å². The summed E-state index contributed by atoms with van der Waals surface area (Å²) < 4.78 is 10.9. The standard InChI is InChI=1S/C16H27NO2/c1-4-17-15(8-6-11-18-3)10-12-19-16-9-5-7-14(2)13-16/h5,7,9,13,15,17H,4,6,8,10-12H2,1-3H3. The van der Waals surface area contributed by atoms with Crippen molar-refractivity contribution >= 4 is 0 Å². The Bertz CT molecular complexity index is 341. The molecule has 0 saturated heterocycles. The molecule has 1 aromatic carbocycles. The van der Waals surface area contributed by atoms with Gasteiger partial charge in [-0.2, -0.15) is 0 Å². The third-order valence-electron chi connectivity index (χ3n) is 3.12. The Morgan fingerprint density at radius 2 is 2.05 bits per heavy atom. The highest BCUT2D eigenvalue weighted by Gasteiger charge is 2.07. The number of ether oxygens (including phenoxy) is 2. The molecule has 0 heterocycles. The molecule has 1 N–H and O–H groups in total. The smallest absolute Gasteiger partial charge is 0.119 e. The summed E-state index contributed by atoms with van der Waals surface area (Å²) in [6.07, 6.45) is 3.27. The molecule has 108 valence electrons. The minimum Gasteiger partial charge on any atom is -0.494 e. The molecule has 0 bridgehead atoms. The second-order valence-electron chi connectivity index (χ2n) is 4.84. The van der Waals surface area contributed by atoms with Crippen LogP contribution in [0.3, 0.4) is 0 Å². The molecule has 0 aliphatic carbocycles. The summed E-state index contributed by atoms with van der Waals surface area (Å²) >= 11 is 0. The monoisotopic (exact) mass is 265 g/mol. The zero-order valence-electron chi connectivity index (χ0n) is 12.4. The van der Waals surface area contributed by atoms with Crippen LogP contribution in [0.15, 0.2) is 24.3 Å². The van der Waals surface area contributed by atoms with E-state index in [0.717, 1.165) is 44.8 Å². The van der Waals surface area contributed by atoms with Gasteiger partial charge in [-0.1, -0.05) is 19.1 Å². The molecule has 3 heteroatoms. The molecule has 0 spiro atoms. The first-order chi connectivity index (χ1) is 9.26. The third-order valence-corrected chi connectivity index (χ3v) is 3.12. The van der Waals surface area contributed by atoms with Crippen molar-refractivity contribution in [2.24, 2.45) is 0 Å². The van der Waals surface area contributed by atoms with E-state index >= 15 is 0 Å². The molecule has 3 nitrogen and oxygen atoms in total. The lowest BCUT2D eigenvalue weighted by Crippen LogP contribution is -2.30. The van der Waals surface area contributed by atoms with Gasteiger partial charge < -0.3 is 14.8 Å². The molecule has 0 saturated carbocycles. The molecular weight excluding hydrogens is 238 g/mol. The van der Waals surface area contributed by atoms with Crippen LogP contribution < -0.4 is 10.1 Å². The van der Waals surface area contributed by atoms with Gasteiger partial charge in [-0.15, -0.1) is 0 Å². The highest BCUT2D eigenvalue weighted by Crippen LogP contribution is 2.13. The number of hydrogen-bond acceptors (Lipinski definition) is 3. The van der Waals surface area contributed by atoms with Crippen molar-refractivity contribution in [3.63, 3.8) is 0 Å². The van der Waals surface area contributed by atoms with Gasteiger partial charge in [0.25, 0.3) is 0 Å². The Morgan fingerprint density at radius 1 is 1.21 bits per heavy atom. The fourth-order valence-corrected chi connectivity index (χ4v) is 2.14. The molecule has 0 amide bonds. The SMILES string of the molecule is CCNC(CCCOC)CCOc1cccc(C)c1. The van der Waals surface area contributed by atoms with Gasteiger partial charge in [-0.25, -0.2) is 0 Å². The van der Waals surface area contributed by atoms with Crippen LogP contribution in [0.1, 0.15) is 31.7 Å². The minimum absolute atomic E-state index is 0.518. The van der Waals surface area contributed by atoms with Crippen LogP contribution in [0.5, 0.6) is 5.75 Å². The zero-order chi connectivity index (χ0) is 13.9. The molecule has 0 aliphatic heterocycles. The normalized spacial score (nSPS) is 12.4. The Labute approximate surface area is 117 Å². The first-order valence-electron chi connectivity index (χ1n) is 7.18. The fraction of sp³-hybridized carbons (Fsp3) is 0.625. The van der Waals surface area contributed by atoms with E-state index < -0.39 is 0 Å². The quantitative estimate of drug-likeness (QED) is 0.659. The molecule has 1 unspecified atom stereocenters. The van der Waals surface area contributed by atoms with Crippen molar-refractivity contribution in [1.82, 2.24) is 5.32 Å². The Morgan fingerprint density at radius 3 is 2.74 bits per heavy atom. The molecule has 0 radical (unpaired) electrons. The summed E-state index contributed by atoms with van der Waals surface area (Å²) in [5, 5.41) is 3.50. The van der Waals surface area contributed by atoms with Crippen molar-refractivity contribution in [1.29, 1.82) is 0 Å². The maximum atomic E-state index is 5.80. The van der Waals surface area contributed by atoms with Crippen molar-refractivity contribution in [3.05, 3.63) is 29.8 Å². The summed E-state index contributed by atoms with van der Waals surface area (Å²) in [5.74, 6) is 0.965. The van der Waals surface area contributed by atoms with Crippen LogP contribution in [0.4, 0.5) is 0 Å². The van der Waals surface area contributed by atoms with Gasteiger partial charge in [0.15, 0.2) is 0 Å². The van der Waals surface area contributed by atoms with Crippen LogP contribution in [0.25, 0.3) is 0 Å². The highest BCUT2D eigenvalue weighted by molar-refractivity contribution is 5.27. The average molecular weight is 265 g/mol. The van der Waals surface area contributed by atoms with E-state index in [0.29, 0.717) is 6.04 Å². The van der Waals surface area contributed by atoms with E-state index in [1.807, 2.05) is 12.1 Å². The lowest BCUT2D eigenvalue weighted by atomic mass is 10.1. The predicted octanol–water partition coefficient (Wildman–Crippen LogP) is 3.17. The summed E-state index contributed by atoms with van der Waals surface area (Å²) in [4.78, 5) is 0. The van der Waals surface area contributed by atoms with E-state index in [2.05, 4.69) is 31.3 Å². The predicted molar refractivity (Wildman–Crippen MR) is 79.9 cm³/mol. The first-order valence-corrected chi connectivity index (χ1v) is 7.18. The number of hydrogen-bond donors (Lipinski definition) is 1. The molecule has 1 aromatic rings.